The van der Waals surface area contributed by atoms with Gasteiger partial charge in [-0.05, 0) is 49.9 Å². The van der Waals surface area contributed by atoms with Crippen molar-refractivity contribution in [3.63, 3.8) is 0 Å². The first kappa shape index (κ1) is 25.9. The molecule has 38 heavy (non-hydrogen) atoms. The summed E-state index contributed by atoms with van der Waals surface area (Å²) in [5.41, 5.74) is 2.14. The molecule has 3 aromatic rings. The molecule has 200 valence electrons. The van der Waals surface area contributed by atoms with E-state index in [1.54, 1.807) is 11.1 Å². The largest absolute Gasteiger partial charge is 0.367 e. The van der Waals surface area contributed by atoms with Gasteiger partial charge in [-0.15, -0.1) is 0 Å². The number of carbonyl (C=O) groups is 1. The molecule has 1 saturated carbocycles. The Balaban J connectivity index is 1.28. The van der Waals surface area contributed by atoms with Crippen LogP contribution in [-0.2, 0) is 14.8 Å². The molecule has 0 bridgehead atoms. The molecule has 1 amide bonds. The van der Waals surface area contributed by atoms with Gasteiger partial charge in [0.15, 0.2) is 0 Å². The van der Waals surface area contributed by atoms with Gasteiger partial charge in [-0.2, -0.15) is 10.2 Å². The van der Waals surface area contributed by atoms with Gasteiger partial charge >= 0.3 is 0 Å². The number of nitrogens with zero attached hydrogens (tertiary/aromatic N) is 6. The molecule has 1 aliphatic heterocycles. The lowest BCUT2D eigenvalue weighted by molar-refractivity contribution is -0.130. The van der Waals surface area contributed by atoms with Gasteiger partial charge in [0.1, 0.15) is 12.2 Å². The number of rotatable bonds is 7. The molecule has 1 saturated heterocycles. The molecule has 2 aromatic heterocycles. The molecule has 1 aromatic carbocycles. The summed E-state index contributed by atoms with van der Waals surface area (Å²) in [4.78, 5) is 25.3. The topological polar surface area (TPSA) is 136 Å². The van der Waals surface area contributed by atoms with Crippen LogP contribution in [0.5, 0.6) is 0 Å². The first-order chi connectivity index (χ1) is 18.3. The van der Waals surface area contributed by atoms with E-state index in [0.717, 1.165) is 48.1 Å². The summed E-state index contributed by atoms with van der Waals surface area (Å²) in [7, 11) is -3.19. The fourth-order valence-electron chi connectivity index (χ4n) is 5.40. The van der Waals surface area contributed by atoms with Crippen molar-refractivity contribution in [1.29, 1.82) is 5.26 Å². The number of sulfonamides is 1. The van der Waals surface area contributed by atoms with E-state index in [4.69, 9.17) is 10.2 Å². The average molecular weight is 537 g/mol. The maximum Gasteiger partial charge on any atom is 0.236 e. The van der Waals surface area contributed by atoms with Gasteiger partial charge in [0.2, 0.25) is 21.9 Å². The number of nitriles is 1. The summed E-state index contributed by atoms with van der Waals surface area (Å²) in [6.45, 7) is 2.63. The molecule has 5 rings (SSSR count). The maximum atomic E-state index is 12.1. The Morgan fingerprint density at radius 1 is 1.08 bits per heavy atom. The highest BCUT2D eigenvalue weighted by molar-refractivity contribution is 7.88. The van der Waals surface area contributed by atoms with Gasteiger partial charge < -0.3 is 19.7 Å². The summed E-state index contributed by atoms with van der Waals surface area (Å²) < 4.78 is 27.8. The molecule has 12 heteroatoms. The molecule has 2 aliphatic rings. The highest BCUT2D eigenvalue weighted by atomic mass is 32.2. The predicted octanol–water partition coefficient (Wildman–Crippen LogP) is 2.26. The highest BCUT2D eigenvalue weighted by Crippen LogP contribution is 2.30. The van der Waals surface area contributed by atoms with E-state index in [9.17, 15) is 13.2 Å². The Labute approximate surface area is 222 Å². The van der Waals surface area contributed by atoms with E-state index in [2.05, 4.69) is 38.1 Å². The van der Waals surface area contributed by atoms with Crippen LogP contribution in [-0.4, -0.2) is 78.3 Å². The monoisotopic (exact) mass is 536 g/mol. The molecule has 0 spiro atoms. The van der Waals surface area contributed by atoms with Crippen molar-refractivity contribution in [1.82, 2.24) is 24.2 Å². The number of anilines is 2. The van der Waals surface area contributed by atoms with E-state index in [1.807, 2.05) is 29.0 Å². The number of hydrogen-bond acceptors (Lipinski definition) is 8. The smallest absolute Gasteiger partial charge is 0.236 e. The third-order valence-corrected chi connectivity index (χ3v) is 8.00. The standard InChI is InChI=1S/C26H32N8O3S/c1-38(36,37)31-20-7-5-19(6-8-20)29-26-28-13-10-24(30-26)34-14-11-21-22(3-2-4-23(21)34)32-15-17-33(18-16-32)25(35)9-12-27/h2-4,10-11,13-14,19-20,31H,5-9,15-18H2,1H3,(H,28,29,30). The van der Waals surface area contributed by atoms with Crippen molar-refractivity contribution in [3.8, 4) is 11.9 Å². The number of hydrogen-bond donors (Lipinski definition) is 2. The Kier molecular flexibility index (Phi) is 7.49. The number of nitrogens with one attached hydrogen (secondary N) is 2. The molecule has 3 heterocycles. The molecular formula is C26H32N8O3S. The van der Waals surface area contributed by atoms with Gasteiger partial charge in [-0.25, -0.2) is 18.1 Å². The number of amides is 1. The number of aromatic nitrogens is 3. The molecule has 0 unspecified atom stereocenters. The second-order valence-corrected chi connectivity index (χ2v) is 11.7. The minimum absolute atomic E-state index is 0.0169. The SMILES string of the molecule is CS(=O)(=O)NC1CCC(Nc2nccc(-n3ccc4c(N5CCN(C(=O)CC#N)CC5)cccc43)n2)CC1. The Morgan fingerprint density at radius 3 is 2.53 bits per heavy atom. The second-order valence-electron chi connectivity index (χ2n) is 9.92. The summed E-state index contributed by atoms with van der Waals surface area (Å²) >= 11 is 0. The maximum absolute atomic E-state index is 12.1. The summed E-state index contributed by atoms with van der Waals surface area (Å²) in [5, 5.41) is 13.3. The van der Waals surface area contributed by atoms with E-state index in [1.165, 1.54) is 6.26 Å². The second kappa shape index (κ2) is 11.0. The highest BCUT2D eigenvalue weighted by Gasteiger charge is 2.25. The van der Waals surface area contributed by atoms with E-state index >= 15 is 0 Å². The Bertz CT molecular complexity index is 1450. The number of piperazine rings is 1. The Morgan fingerprint density at radius 2 is 1.82 bits per heavy atom. The van der Waals surface area contributed by atoms with Crippen molar-refractivity contribution in [2.45, 2.75) is 44.2 Å². The summed E-state index contributed by atoms with van der Waals surface area (Å²) in [5.74, 6) is 1.20. The lowest BCUT2D eigenvalue weighted by Crippen LogP contribution is -2.48. The molecule has 0 radical (unpaired) electrons. The van der Waals surface area contributed by atoms with Crippen LogP contribution >= 0.6 is 0 Å². The molecule has 11 nitrogen and oxygen atoms in total. The van der Waals surface area contributed by atoms with Crippen LogP contribution in [0.4, 0.5) is 11.6 Å². The first-order valence-electron chi connectivity index (χ1n) is 12.9. The van der Waals surface area contributed by atoms with Crippen LogP contribution in [0.2, 0.25) is 0 Å². The van der Waals surface area contributed by atoms with Crippen molar-refractivity contribution in [2.24, 2.45) is 0 Å². The third-order valence-electron chi connectivity index (χ3n) is 7.24. The molecular weight excluding hydrogens is 504 g/mol. The average Bonchev–Trinajstić information content (AvgIpc) is 3.34. The van der Waals surface area contributed by atoms with Crippen molar-refractivity contribution in [2.75, 3.05) is 42.7 Å². The molecule has 2 N–H and O–H groups in total. The minimum Gasteiger partial charge on any atom is -0.367 e. The summed E-state index contributed by atoms with van der Waals surface area (Å²) in [6.07, 6.45) is 8.11. The summed E-state index contributed by atoms with van der Waals surface area (Å²) in [6, 6.07) is 12.3. The van der Waals surface area contributed by atoms with Crippen molar-refractivity contribution in [3.05, 3.63) is 42.7 Å². The van der Waals surface area contributed by atoms with E-state index < -0.39 is 10.0 Å². The number of benzene rings is 1. The zero-order valence-electron chi connectivity index (χ0n) is 21.4. The number of carbonyl (C=O) groups excluding carboxylic acids is 1. The van der Waals surface area contributed by atoms with Crippen LogP contribution in [0, 0.1) is 11.3 Å². The van der Waals surface area contributed by atoms with Crippen molar-refractivity contribution >= 4 is 38.5 Å². The first-order valence-corrected chi connectivity index (χ1v) is 14.8. The van der Waals surface area contributed by atoms with Gasteiger partial charge in [0.25, 0.3) is 0 Å². The van der Waals surface area contributed by atoms with E-state index in [-0.39, 0.29) is 24.4 Å². The quantitative estimate of drug-likeness (QED) is 0.469. The third kappa shape index (κ3) is 5.89. The van der Waals surface area contributed by atoms with Crippen molar-refractivity contribution < 1.29 is 13.2 Å². The molecule has 1 aliphatic carbocycles. The predicted molar refractivity (Wildman–Crippen MR) is 146 cm³/mol. The van der Waals surface area contributed by atoms with Gasteiger partial charge in [0, 0.05) is 61.7 Å². The normalized spacial score (nSPS) is 20.3. The lowest BCUT2D eigenvalue weighted by Gasteiger charge is -2.36. The minimum atomic E-state index is -3.19. The fourth-order valence-corrected chi connectivity index (χ4v) is 6.24. The zero-order chi connectivity index (χ0) is 26.7. The number of fused-ring (bicyclic) bond motifs is 1. The van der Waals surface area contributed by atoms with Gasteiger partial charge in [0.05, 0.1) is 17.8 Å². The molecule has 0 atom stereocenters. The van der Waals surface area contributed by atoms with Gasteiger partial charge in [-0.3, -0.25) is 4.79 Å². The lowest BCUT2D eigenvalue weighted by atomic mass is 9.92. The van der Waals surface area contributed by atoms with E-state index in [0.29, 0.717) is 32.1 Å². The van der Waals surface area contributed by atoms with Crippen LogP contribution in [0.15, 0.2) is 42.7 Å². The van der Waals surface area contributed by atoms with Crippen LogP contribution in [0.1, 0.15) is 32.1 Å². The fraction of sp³-hybridized carbons (Fsp3) is 0.462. The van der Waals surface area contributed by atoms with Gasteiger partial charge in [-0.1, -0.05) is 6.07 Å². The Hall–Kier alpha value is -3.69. The van der Waals surface area contributed by atoms with Crippen LogP contribution in [0.3, 0.4) is 0 Å². The van der Waals surface area contributed by atoms with Crippen LogP contribution in [0.25, 0.3) is 16.7 Å². The van der Waals surface area contributed by atoms with Crippen LogP contribution < -0.4 is 14.9 Å². The zero-order valence-corrected chi connectivity index (χ0v) is 22.2. The molecule has 2 fully saturated rings.